The summed E-state index contributed by atoms with van der Waals surface area (Å²) in [5.41, 5.74) is 2.88. The first-order valence-corrected chi connectivity index (χ1v) is 11.2. The SMILES string of the molecule is CCn1c(=O)c(C(=O)Nn2c(Cc3ccccc3)nc3ccccc3c2=O)c(O)c2ccccc21. The molecule has 2 heterocycles. The quantitative estimate of drug-likeness (QED) is 0.413. The molecule has 0 aliphatic heterocycles. The van der Waals surface area contributed by atoms with Gasteiger partial charge >= 0.3 is 0 Å². The van der Waals surface area contributed by atoms with Crippen LogP contribution in [0.15, 0.2) is 88.5 Å². The third-order valence-corrected chi connectivity index (χ3v) is 5.95. The van der Waals surface area contributed by atoms with Gasteiger partial charge in [0, 0.05) is 18.4 Å². The zero-order valence-corrected chi connectivity index (χ0v) is 18.9. The fourth-order valence-corrected chi connectivity index (χ4v) is 4.26. The number of fused-ring (bicyclic) bond motifs is 2. The smallest absolute Gasteiger partial charge is 0.280 e. The summed E-state index contributed by atoms with van der Waals surface area (Å²) in [6.45, 7) is 2.08. The molecule has 0 aliphatic carbocycles. The highest BCUT2D eigenvalue weighted by Crippen LogP contribution is 2.26. The van der Waals surface area contributed by atoms with Gasteiger partial charge < -0.3 is 9.67 Å². The van der Waals surface area contributed by atoms with Crippen molar-refractivity contribution in [3.63, 3.8) is 0 Å². The molecule has 174 valence electrons. The van der Waals surface area contributed by atoms with Crippen LogP contribution >= 0.6 is 0 Å². The average molecular weight is 466 g/mol. The maximum absolute atomic E-state index is 13.4. The zero-order chi connectivity index (χ0) is 24.5. The molecule has 0 atom stereocenters. The van der Waals surface area contributed by atoms with Gasteiger partial charge in [-0.2, -0.15) is 0 Å². The lowest BCUT2D eigenvalue weighted by molar-refractivity contribution is 0.100. The molecular weight excluding hydrogens is 444 g/mol. The van der Waals surface area contributed by atoms with Crippen LogP contribution in [0.5, 0.6) is 5.75 Å². The minimum Gasteiger partial charge on any atom is -0.506 e. The van der Waals surface area contributed by atoms with Crippen LogP contribution in [0, 0.1) is 0 Å². The lowest BCUT2D eigenvalue weighted by atomic mass is 10.1. The second-order valence-electron chi connectivity index (χ2n) is 8.08. The number of hydrogen-bond acceptors (Lipinski definition) is 5. The van der Waals surface area contributed by atoms with Crippen LogP contribution in [-0.4, -0.2) is 25.2 Å². The van der Waals surface area contributed by atoms with Gasteiger partial charge in [-0.15, -0.1) is 0 Å². The normalized spacial score (nSPS) is 11.1. The third kappa shape index (κ3) is 3.85. The fourth-order valence-electron chi connectivity index (χ4n) is 4.26. The highest BCUT2D eigenvalue weighted by atomic mass is 16.3. The molecule has 0 radical (unpaired) electrons. The summed E-state index contributed by atoms with van der Waals surface area (Å²) in [5, 5.41) is 11.6. The van der Waals surface area contributed by atoms with Crippen molar-refractivity contribution in [3.8, 4) is 5.75 Å². The molecule has 0 bridgehead atoms. The van der Waals surface area contributed by atoms with Gasteiger partial charge in [0.15, 0.2) is 0 Å². The monoisotopic (exact) mass is 466 g/mol. The standard InChI is InChI=1S/C27H22N4O4/c1-2-30-21-15-9-7-13-19(21)24(32)23(27(30)35)25(33)29-31-22(16-17-10-4-3-5-11-17)28-20-14-8-6-12-18(20)26(31)34/h3-15,32H,2,16H2,1H3,(H,29,33). The maximum atomic E-state index is 13.4. The molecule has 0 fully saturated rings. The number of aromatic hydroxyl groups is 1. The van der Waals surface area contributed by atoms with E-state index in [4.69, 9.17) is 0 Å². The van der Waals surface area contributed by atoms with Crippen molar-refractivity contribution < 1.29 is 9.90 Å². The number of nitrogens with zero attached hydrogens (tertiary/aromatic N) is 3. The molecule has 5 rings (SSSR count). The van der Waals surface area contributed by atoms with Crippen molar-refractivity contribution >= 4 is 27.7 Å². The molecule has 0 spiro atoms. The Morgan fingerprint density at radius 3 is 2.29 bits per heavy atom. The van der Waals surface area contributed by atoms with Gasteiger partial charge in [-0.1, -0.05) is 54.6 Å². The second kappa shape index (κ2) is 8.90. The van der Waals surface area contributed by atoms with Crippen LogP contribution in [0.1, 0.15) is 28.7 Å². The molecular formula is C27H22N4O4. The molecule has 0 aliphatic rings. The Balaban J connectivity index is 1.67. The number of nitrogens with one attached hydrogen (secondary N) is 1. The van der Waals surface area contributed by atoms with E-state index in [2.05, 4.69) is 10.4 Å². The lowest BCUT2D eigenvalue weighted by Gasteiger charge is -2.17. The van der Waals surface area contributed by atoms with Crippen LogP contribution < -0.4 is 16.5 Å². The highest BCUT2D eigenvalue weighted by molar-refractivity contribution is 6.06. The topological polar surface area (TPSA) is 106 Å². The van der Waals surface area contributed by atoms with E-state index in [1.807, 2.05) is 30.3 Å². The van der Waals surface area contributed by atoms with Crippen molar-refractivity contribution in [2.45, 2.75) is 19.9 Å². The van der Waals surface area contributed by atoms with E-state index in [1.165, 1.54) is 4.57 Å². The number of pyridine rings is 1. The van der Waals surface area contributed by atoms with E-state index in [0.717, 1.165) is 10.2 Å². The molecule has 0 saturated heterocycles. The van der Waals surface area contributed by atoms with Crippen molar-refractivity contribution in [1.82, 2.24) is 14.2 Å². The van der Waals surface area contributed by atoms with E-state index in [1.54, 1.807) is 55.5 Å². The van der Waals surface area contributed by atoms with Crippen molar-refractivity contribution in [2.75, 3.05) is 5.43 Å². The van der Waals surface area contributed by atoms with Gasteiger partial charge in [0.05, 0.1) is 16.4 Å². The summed E-state index contributed by atoms with van der Waals surface area (Å²) in [4.78, 5) is 44.6. The number of rotatable bonds is 5. The Hall–Kier alpha value is -4.72. The van der Waals surface area contributed by atoms with Crippen LogP contribution in [0.2, 0.25) is 0 Å². The fraction of sp³-hybridized carbons (Fsp3) is 0.111. The molecule has 8 nitrogen and oxygen atoms in total. The predicted octanol–water partition coefficient (Wildman–Crippen LogP) is 3.41. The number of benzene rings is 3. The molecule has 35 heavy (non-hydrogen) atoms. The molecule has 2 N–H and O–H groups in total. The van der Waals surface area contributed by atoms with Gasteiger partial charge in [0.2, 0.25) is 0 Å². The Kier molecular flexibility index (Phi) is 5.62. The van der Waals surface area contributed by atoms with Gasteiger partial charge in [-0.3, -0.25) is 19.8 Å². The van der Waals surface area contributed by atoms with Crippen LogP contribution in [-0.2, 0) is 13.0 Å². The average Bonchev–Trinajstić information content (AvgIpc) is 2.87. The number of aryl methyl sites for hydroxylation is 1. The maximum Gasteiger partial charge on any atom is 0.280 e. The van der Waals surface area contributed by atoms with Gasteiger partial charge in [-0.05, 0) is 36.8 Å². The number of carbonyl (C=O) groups excluding carboxylic acids is 1. The Morgan fingerprint density at radius 1 is 0.886 bits per heavy atom. The third-order valence-electron chi connectivity index (χ3n) is 5.95. The lowest BCUT2D eigenvalue weighted by Crippen LogP contribution is -2.39. The molecule has 0 saturated carbocycles. The first kappa shape index (κ1) is 22.1. The number of carbonyl (C=O) groups is 1. The molecule has 3 aromatic carbocycles. The first-order chi connectivity index (χ1) is 17.0. The Labute approximate surface area is 199 Å². The molecule has 1 amide bonds. The highest BCUT2D eigenvalue weighted by Gasteiger charge is 2.23. The summed E-state index contributed by atoms with van der Waals surface area (Å²) in [7, 11) is 0. The zero-order valence-electron chi connectivity index (χ0n) is 18.9. The Morgan fingerprint density at radius 2 is 1.54 bits per heavy atom. The van der Waals surface area contributed by atoms with Gasteiger partial charge in [0.25, 0.3) is 17.0 Å². The second-order valence-corrected chi connectivity index (χ2v) is 8.08. The van der Waals surface area contributed by atoms with E-state index in [-0.39, 0.29) is 6.42 Å². The van der Waals surface area contributed by atoms with E-state index < -0.39 is 28.3 Å². The van der Waals surface area contributed by atoms with Crippen molar-refractivity contribution in [3.05, 3.63) is 117 Å². The van der Waals surface area contributed by atoms with Crippen LogP contribution in [0.25, 0.3) is 21.8 Å². The minimum absolute atomic E-state index is 0.268. The summed E-state index contributed by atoms with van der Waals surface area (Å²) < 4.78 is 2.47. The molecule has 2 aromatic heterocycles. The first-order valence-electron chi connectivity index (χ1n) is 11.2. The van der Waals surface area contributed by atoms with E-state index >= 15 is 0 Å². The van der Waals surface area contributed by atoms with Crippen molar-refractivity contribution in [1.29, 1.82) is 0 Å². The van der Waals surface area contributed by atoms with Crippen LogP contribution in [0.4, 0.5) is 0 Å². The molecule has 8 heteroatoms. The van der Waals surface area contributed by atoms with Crippen molar-refractivity contribution in [2.24, 2.45) is 0 Å². The Bertz CT molecular complexity index is 1700. The van der Waals surface area contributed by atoms with E-state index in [0.29, 0.717) is 34.2 Å². The van der Waals surface area contributed by atoms with E-state index in [9.17, 15) is 19.5 Å². The number of amides is 1. The van der Waals surface area contributed by atoms with Crippen LogP contribution in [0.3, 0.4) is 0 Å². The van der Waals surface area contributed by atoms with Gasteiger partial charge in [0.1, 0.15) is 17.1 Å². The summed E-state index contributed by atoms with van der Waals surface area (Å²) in [5.74, 6) is -1.03. The van der Waals surface area contributed by atoms with Gasteiger partial charge in [-0.25, -0.2) is 9.66 Å². The number of aromatic nitrogens is 3. The summed E-state index contributed by atoms with van der Waals surface area (Å²) in [6, 6.07) is 23.1. The largest absolute Gasteiger partial charge is 0.506 e. The summed E-state index contributed by atoms with van der Waals surface area (Å²) >= 11 is 0. The summed E-state index contributed by atoms with van der Waals surface area (Å²) in [6.07, 6.45) is 0.268. The molecule has 0 unspecified atom stereocenters. The predicted molar refractivity (Wildman–Crippen MR) is 134 cm³/mol. The number of para-hydroxylation sites is 2. The minimum atomic E-state index is -0.894. The molecule has 5 aromatic rings. The number of hydrogen-bond donors (Lipinski definition) is 2.